The van der Waals surface area contributed by atoms with Crippen molar-refractivity contribution in [2.75, 3.05) is 6.61 Å². The Labute approximate surface area is 90.6 Å². The molecule has 0 heterocycles. The van der Waals surface area contributed by atoms with Crippen LogP contribution in [0.1, 0.15) is 0 Å². The van der Waals surface area contributed by atoms with Crippen LogP contribution in [-0.4, -0.2) is 27.9 Å². The van der Waals surface area contributed by atoms with Crippen LogP contribution in [0.2, 0.25) is 39.3 Å². The molecule has 0 unspecified atom stereocenters. The molecule has 3 heteroatoms. The van der Waals surface area contributed by atoms with Crippen LogP contribution in [0.15, 0.2) is 23.0 Å². The van der Waals surface area contributed by atoms with E-state index in [1.807, 2.05) is 0 Å². The van der Waals surface area contributed by atoms with Gasteiger partial charge in [-0.3, -0.25) is 0 Å². The van der Waals surface area contributed by atoms with Crippen LogP contribution in [-0.2, 0) is 0 Å². The summed E-state index contributed by atoms with van der Waals surface area (Å²) in [4.78, 5) is 0. The predicted octanol–water partition coefficient (Wildman–Crippen LogP) is 3.22. The van der Waals surface area contributed by atoms with Crippen molar-refractivity contribution in [3.63, 3.8) is 0 Å². The second-order valence-corrected chi connectivity index (χ2v) is 16.0. The molecule has 0 aromatic rings. The molecule has 0 saturated carbocycles. The van der Waals surface area contributed by atoms with Crippen molar-refractivity contribution in [3.8, 4) is 0 Å². The van der Waals surface area contributed by atoms with Crippen molar-refractivity contribution in [3.05, 3.63) is 23.0 Å². The number of hydrogen-bond acceptors (Lipinski definition) is 1. The third kappa shape index (κ3) is 8.47. The Bertz CT molecular complexity index is 229. The average molecular weight is 228 g/mol. The van der Waals surface area contributed by atoms with Gasteiger partial charge in [-0.1, -0.05) is 56.8 Å². The summed E-state index contributed by atoms with van der Waals surface area (Å²) in [5, 5.41) is 9.20. The molecule has 0 rings (SSSR count). The van der Waals surface area contributed by atoms with Crippen molar-refractivity contribution in [2.45, 2.75) is 39.3 Å². The van der Waals surface area contributed by atoms with Gasteiger partial charge in [-0.15, -0.1) is 0 Å². The summed E-state index contributed by atoms with van der Waals surface area (Å²) in [7, 11) is -2.32. The first kappa shape index (κ1) is 13.9. The van der Waals surface area contributed by atoms with Crippen LogP contribution in [0.3, 0.4) is 0 Å². The van der Waals surface area contributed by atoms with Gasteiger partial charge in [-0.25, -0.2) is 0 Å². The molecule has 0 aromatic carbocycles. The Morgan fingerprint density at radius 2 is 1.50 bits per heavy atom. The lowest BCUT2D eigenvalue weighted by Gasteiger charge is -2.13. The highest BCUT2D eigenvalue weighted by Crippen LogP contribution is 2.10. The molecular weight excluding hydrogens is 204 g/mol. The smallest absolute Gasteiger partial charge is 0.0691 e. The van der Waals surface area contributed by atoms with Gasteiger partial charge in [-0.2, -0.15) is 0 Å². The molecule has 14 heavy (non-hydrogen) atoms. The summed E-state index contributed by atoms with van der Waals surface area (Å²) < 4.78 is 0. The predicted molar refractivity (Wildman–Crippen MR) is 71.0 cm³/mol. The first-order valence-corrected chi connectivity index (χ1v) is 12.3. The third-order valence-corrected chi connectivity index (χ3v) is 4.00. The summed E-state index contributed by atoms with van der Waals surface area (Å²) >= 11 is 0. The van der Waals surface area contributed by atoms with E-state index in [1.54, 1.807) is 0 Å². The first-order chi connectivity index (χ1) is 6.14. The molecule has 82 valence electrons. The molecule has 0 aliphatic carbocycles. The Morgan fingerprint density at radius 1 is 1.00 bits per heavy atom. The van der Waals surface area contributed by atoms with Crippen molar-refractivity contribution in [1.29, 1.82) is 0 Å². The molecule has 0 aliphatic rings. The van der Waals surface area contributed by atoms with E-state index >= 15 is 0 Å². The summed E-state index contributed by atoms with van der Waals surface area (Å²) in [5.41, 5.74) is 5.64. The van der Waals surface area contributed by atoms with Crippen LogP contribution >= 0.6 is 0 Å². The maximum Gasteiger partial charge on any atom is 0.0691 e. The summed E-state index contributed by atoms with van der Waals surface area (Å²) in [6.07, 6.45) is 2.12. The first-order valence-electron chi connectivity index (χ1n) is 5.16. The Morgan fingerprint density at radius 3 is 1.79 bits per heavy atom. The van der Waals surface area contributed by atoms with Gasteiger partial charge >= 0.3 is 0 Å². The molecule has 0 saturated heterocycles. The van der Waals surface area contributed by atoms with Gasteiger partial charge in [0.05, 0.1) is 22.8 Å². The van der Waals surface area contributed by atoms with Gasteiger partial charge in [0.25, 0.3) is 0 Å². The molecule has 0 aliphatic heterocycles. The number of aliphatic hydroxyl groups is 1. The molecule has 0 bridgehead atoms. The molecule has 0 fully saturated rings. The van der Waals surface area contributed by atoms with E-state index in [-0.39, 0.29) is 6.61 Å². The Balaban J connectivity index is 4.61. The van der Waals surface area contributed by atoms with E-state index in [4.69, 9.17) is 0 Å². The second kappa shape index (κ2) is 5.10. The largest absolute Gasteiger partial charge is 0.392 e. The van der Waals surface area contributed by atoms with E-state index < -0.39 is 16.1 Å². The quantitative estimate of drug-likeness (QED) is 0.579. The van der Waals surface area contributed by atoms with Crippen LogP contribution in [0.5, 0.6) is 0 Å². The standard InChI is InChI=1S/C11H24OSi2/c1-13(2,3)8-7-11(9-12)10-14(4,5)6/h7-8,10,12H,9H2,1-6H3/b8-7-,11-10-. The highest BCUT2D eigenvalue weighted by atomic mass is 28.3. The monoisotopic (exact) mass is 228 g/mol. The van der Waals surface area contributed by atoms with Gasteiger partial charge in [-0.05, 0) is 5.57 Å². The minimum Gasteiger partial charge on any atom is -0.392 e. The van der Waals surface area contributed by atoms with Gasteiger partial charge < -0.3 is 5.11 Å². The fourth-order valence-electron chi connectivity index (χ4n) is 1.06. The van der Waals surface area contributed by atoms with E-state index in [1.165, 1.54) is 0 Å². The Kier molecular flexibility index (Phi) is 5.05. The van der Waals surface area contributed by atoms with Crippen molar-refractivity contribution in [1.82, 2.24) is 0 Å². The zero-order valence-electron chi connectivity index (χ0n) is 10.4. The Hall–Kier alpha value is -0.126. The molecule has 0 atom stereocenters. The molecule has 0 aromatic heterocycles. The fraction of sp³-hybridized carbons (Fsp3) is 0.636. The molecule has 0 radical (unpaired) electrons. The molecule has 1 nitrogen and oxygen atoms in total. The van der Waals surface area contributed by atoms with Crippen molar-refractivity contribution in [2.24, 2.45) is 0 Å². The fourth-order valence-corrected chi connectivity index (χ4v) is 3.07. The zero-order valence-corrected chi connectivity index (χ0v) is 12.4. The summed E-state index contributed by atoms with van der Waals surface area (Å²) in [6.45, 7) is 13.9. The normalized spacial score (nSPS) is 15.2. The molecular formula is C11H24OSi2. The lowest BCUT2D eigenvalue weighted by molar-refractivity contribution is 0.335. The third-order valence-electron chi connectivity index (χ3n) is 1.60. The highest BCUT2D eigenvalue weighted by Gasteiger charge is 2.11. The molecule has 0 amide bonds. The molecule has 1 N–H and O–H groups in total. The van der Waals surface area contributed by atoms with Crippen molar-refractivity contribution < 1.29 is 5.11 Å². The highest BCUT2D eigenvalue weighted by molar-refractivity contribution is 6.81. The maximum absolute atomic E-state index is 9.20. The summed E-state index contributed by atoms with van der Waals surface area (Å²) in [5.74, 6) is 0. The zero-order chi connectivity index (χ0) is 11.4. The lowest BCUT2D eigenvalue weighted by atomic mass is 10.3. The van der Waals surface area contributed by atoms with Gasteiger partial charge in [0, 0.05) is 0 Å². The van der Waals surface area contributed by atoms with Gasteiger partial charge in [0.15, 0.2) is 0 Å². The second-order valence-electron chi connectivity index (χ2n) is 5.94. The topological polar surface area (TPSA) is 20.2 Å². The van der Waals surface area contributed by atoms with Crippen LogP contribution in [0, 0.1) is 0 Å². The van der Waals surface area contributed by atoms with Crippen LogP contribution < -0.4 is 0 Å². The number of rotatable bonds is 4. The minimum absolute atomic E-state index is 0.172. The van der Waals surface area contributed by atoms with E-state index in [0.29, 0.717) is 0 Å². The lowest BCUT2D eigenvalue weighted by Crippen LogP contribution is -2.18. The average Bonchev–Trinajstić information content (AvgIpc) is 1.94. The summed E-state index contributed by atoms with van der Waals surface area (Å²) in [6, 6.07) is 0. The van der Waals surface area contributed by atoms with E-state index in [2.05, 4.69) is 56.8 Å². The van der Waals surface area contributed by atoms with Crippen LogP contribution in [0.4, 0.5) is 0 Å². The molecule has 0 spiro atoms. The SMILES string of the molecule is C[Si](C)(C)/C=C\C(=C\[Si](C)(C)C)CO. The van der Waals surface area contributed by atoms with Gasteiger partial charge in [0.1, 0.15) is 0 Å². The maximum atomic E-state index is 9.20. The van der Waals surface area contributed by atoms with Crippen LogP contribution in [0.25, 0.3) is 0 Å². The minimum atomic E-state index is -1.20. The van der Waals surface area contributed by atoms with Gasteiger partial charge in [0.2, 0.25) is 0 Å². The van der Waals surface area contributed by atoms with E-state index in [0.717, 1.165) is 5.57 Å². The van der Waals surface area contributed by atoms with Crippen molar-refractivity contribution >= 4 is 16.1 Å². The number of aliphatic hydroxyl groups excluding tert-OH is 1. The van der Waals surface area contributed by atoms with E-state index in [9.17, 15) is 5.11 Å². The number of hydrogen-bond donors (Lipinski definition) is 1.